The number of likely N-dealkylation sites (N-methyl/N-ethyl adjacent to an activating group) is 1. The van der Waals surface area contributed by atoms with E-state index in [4.69, 9.17) is 0 Å². The number of carbonyl (C=O) groups is 2. The Hall–Kier alpha value is -2.04. The Bertz CT molecular complexity index is 544. The van der Waals surface area contributed by atoms with Gasteiger partial charge in [0.05, 0.1) is 0 Å². The Kier molecular flexibility index (Phi) is 4.50. The number of hydrogen-bond acceptors (Lipinski definition) is 2. The Morgan fingerprint density at radius 2 is 2.10 bits per heavy atom. The molecule has 5 nitrogen and oxygen atoms in total. The van der Waals surface area contributed by atoms with Crippen molar-refractivity contribution < 1.29 is 14.7 Å². The van der Waals surface area contributed by atoms with Crippen molar-refractivity contribution in [3.05, 3.63) is 29.8 Å². The number of hydrogen-bond donors (Lipinski definition) is 1. The molecule has 0 aliphatic carbocycles. The lowest BCUT2D eigenvalue weighted by molar-refractivity contribution is -0.141. The summed E-state index contributed by atoms with van der Waals surface area (Å²) in [4.78, 5) is 27.1. The fourth-order valence-corrected chi connectivity index (χ4v) is 2.90. The minimum Gasteiger partial charge on any atom is -0.480 e. The van der Waals surface area contributed by atoms with E-state index in [-0.39, 0.29) is 12.1 Å². The van der Waals surface area contributed by atoms with Crippen molar-refractivity contribution in [2.24, 2.45) is 0 Å². The molecule has 114 valence electrons. The number of carboxylic acids is 1. The predicted molar refractivity (Wildman–Crippen MR) is 81.6 cm³/mol. The average Bonchev–Trinajstić information content (AvgIpc) is 2.46. The van der Waals surface area contributed by atoms with Gasteiger partial charge in [-0.15, -0.1) is 0 Å². The lowest BCUT2D eigenvalue weighted by Gasteiger charge is -2.38. The van der Waals surface area contributed by atoms with Crippen LogP contribution < -0.4 is 4.90 Å². The molecule has 0 fully saturated rings. The highest BCUT2D eigenvalue weighted by Gasteiger charge is 2.34. The average molecular weight is 290 g/mol. The van der Waals surface area contributed by atoms with Crippen molar-refractivity contribution in [2.45, 2.75) is 45.2 Å². The van der Waals surface area contributed by atoms with Crippen molar-refractivity contribution in [1.29, 1.82) is 0 Å². The lowest BCUT2D eigenvalue weighted by atomic mass is 9.97. The summed E-state index contributed by atoms with van der Waals surface area (Å²) in [6.07, 6.45) is 2.23. The molecule has 1 N–H and O–H groups in total. The molecular formula is C16H22N2O3. The van der Waals surface area contributed by atoms with Crippen LogP contribution in [0.4, 0.5) is 10.5 Å². The molecule has 0 aromatic heterocycles. The second-order valence-electron chi connectivity index (χ2n) is 5.54. The smallest absolute Gasteiger partial charge is 0.326 e. The van der Waals surface area contributed by atoms with Gasteiger partial charge in [-0.1, -0.05) is 25.1 Å². The second kappa shape index (κ2) is 6.16. The number of benzene rings is 1. The first-order chi connectivity index (χ1) is 9.97. The van der Waals surface area contributed by atoms with Crippen molar-refractivity contribution in [2.75, 3.05) is 11.9 Å². The molecule has 2 unspecified atom stereocenters. The fraction of sp³-hybridized carbons (Fsp3) is 0.500. The van der Waals surface area contributed by atoms with E-state index >= 15 is 0 Å². The number of urea groups is 1. The third-order valence-corrected chi connectivity index (χ3v) is 4.17. The molecule has 0 saturated carbocycles. The van der Waals surface area contributed by atoms with Crippen LogP contribution >= 0.6 is 0 Å². The number of aliphatic carboxylic acids is 1. The largest absolute Gasteiger partial charge is 0.480 e. The van der Waals surface area contributed by atoms with E-state index < -0.39 is 12.0 Å². The molecule has 1 aliphatic rings. The van der Waals surface area contributed by atoms with Crippen LogP contribution in [0.5, 0.6) is 0 Å². The third kappa shape index (κ3) is 2.86. The van der Waals surface area contributed by atoms with Gasteiger partial charge in [0.1, 0.15) is 6.04 Å². The third-order valence-electron chi connectivity index (χ3n) is 4.17. The monoisotopic (exact) mass is 290 g/mol. The summed E-state index contributed by atoms with van der Waals surface area (Å²) in [7, 11) is 1.56. The summed E-state index contributed by atoms with van der Waals surface area (Å²) in [6.45, 7) is 3.78. The first kappa shape index (κ1) is 15.4. The first-order valence-electron chi connectivity index (χ1n) is 7.34. The minimum absolute atomic E-state index is 0.0705. The number of amides is 2. The molecule has 2 atom stereocenters. The van der Waals surface area contributed by atoms with Crippen LogP contribution in [0, 0.1) is 0 Å². The van der Waals surface area contributed by atoms with Gasteiger partial charge < -0.3 is 10.0 Å². The van der Waals surface area contributed by atoms with Crippen molar-refractivity contribution in [1.82, 2.24) is 4.90 Å². The highest BCUT2D eigenvalue weighted by molar-refractivity contribution is 5.96. The lowest BCUT2D eigenvalue weighted by Crippen LogP contribution is -2.53. The number of para-hydroxylation sites is 1. The maximum absolute atomic E-state index is 12.8. The van der Waals surface area contributed by atoms with Gasteiger partial charge in [0.2, 0.25) is 0 Å². The number of carboxylic acid groups (broad SMARTS) is 1. The van der Waals surface area contributed by atoms with Gasteiger partial charge in [0, 0.05) is 18.8 Å². The van der Waals surface area contributed by atoms with E-state index in [1.165, 1.54) is 4.90 Å². The zero-order valence-corrected chi connectivity index (χ0v) is 12.7. The fourth-order valence-electron chi connectivity index (χ4n) is 2.90. The van der Waals surface area contributed by atoms with E-state index in [1.807, 2.05) is 31.2 Å². The quantitative estimate of drug-likeness (QED) is 0.931. The molecule has 2 amide bonds. The highest BCUT2D eigenvalue weighted by Crippen LogP contribution is 2.31. The normalized spacial score (nSPS) is 18.8. The van der Waals surface area contributed by atoms with E-state index in [1.54, 1.807) is 18.9 Å². The number of rotatable bonds is 3. The SMILES string of the molecule is CCC(C(=O)O)N(C)C(=O)N1c2ccccc2CCC1C. The van der Waals surface area contributed by atoms with Gasteiger partial charge in [0.25, 0.3) is 0 Å². The maximum Gasteiger partial charge on any atom is 0.326 e. The van der Waals surface area contributed by atoms with Gasteiger partial charge in [-0.25, -0.2) is 9.59 Å². The molecule has 0 radical (unpaired) electrons. The van der Waals surface area contributed by atoms with Gasteiger partial charge in [-0.3, -0.25) is 4.90 Å². The van der Waals surface area contributed by atoms with Crippen LogP contribution in [0.3, 0.4) is 0 Å². The Morgan fingerprint density at radius 3 is 2.71 bits per heavy atom. The maximum atomic E-state index is 12.8. The molecule has 0 bridgehead atoms. The molecular weight excluding hydrogens is 268 g/mol. The van der Waals surface area contributed by atoms with E-state index in [2.05, 4.69) is 0 Å². The van der Waals surface area contributed by atoms with Gasteiger partial charge in [-0.05, 0) is 37.8 Å². The summed E-state index contributed by atoms with van der Waals surface area (Å²) in [5.74, 6) is -0.966. The Labute approximate surface area is 125 Å². The van der Waals surface area contributed by atoms with Gasteiger partial charge >= 0.3 is 12.0 Å². The predicted octanol–water partition coefficient (Wildman–Crippen LogP) is 2.74. The second-order valence-corrected chi connectivity index (χ2v) is 5.54. The molecule has 2 rings (SSSR count). The molecule has 1 aromatic carbocycles. The summed E-state index contributed by atoms with van der Waals surface area (Å²) in [5, 5.41) is 9.24. The van der Waals surface area contributed by atoms with E-state index in [0.29, 0.717) is 6.42 Å². The van der Waals surface area contributed by atoms with Crippen LogP contribution in [-0.2, 0) is 11.2 Å². The van der Waals surface area contributed by atoms with Crippen molar-refractivity contribution >= 4 is 17.7 Å². The first-order valence-corrected chi connectivity index (χ1v) is 7.34. The number of fused-ring (bicyclic) bond motifs is 1. The zero-order chi connectivity index (χ0) is 15.6. The summed E-state index contributed by atoms with van der Waals surface area (Å²) in [5.41, 5.74) is 2.04. The topological polar surface area (TPSA) is 60.9 Å². The zero-order valence-electron chi connectivity index (χ0n) is 12.7. The van der Waals surface area contributed by atoms with Gasteiger partial charge in [0.15, 0.2) is 0 Å². The Balaban J connectivity index is 2.32. The molecule has 0 spiro atoms. The number of carbonyl (C=O) groups excluding carboxylic acids is 1. The molecule has 5 heteroatoms. The molecule has 1 aromatic rings. The molecule has 1 aliphatic heterocycles. The van der Waals surface area contributed by atoms with Crippen molar-refractivity contribution in [3.8, 4) is 0 Å². The number of aryl methyl sites for hydroxylation is 1. The molecule has 21 heavy (non-hydrogen) atoms. The van der Waals surface area contributed by atoms with Crippen LogP contribution in [-0.4, -0.2) is 41.1 Å². The summed E-state index contributed by atoms with van der Waals surface area (Å²) < 4.78 is 0. The van der Waals surface area contributed by atoms with Crippen LogP contribution in [0.25, 0.3) is 0 Å². The standard InChI is InChI=1S/C16H22N2O3/c1-4-13(15(19)20)17(3)16(21)18-11(2)9-10-12-7-5-6-8-14(12)18/h5-8,11,13H,4,9-10H2,1-3H3,(H,19,20). The number of nitrogens with zero attached hydrogens (tertiary/aromatic N) is 2. The van der Waals surface area contributed by atoms with Crippen LogP contribution in [0.15, 0.2) is 24.3 Å². The van der Waals surface area contributed by atoms with Crippen LogP contribution in [0.2, 0.25) is 0 Å². The van der Waals surface area contributed by atoms with E-state index in [9.17, 15) is 14.7 Å². The Morgan fingerprint density at radius 1 is 1.43 bits per heavy atom. The summed E-state index contributed by atoms with van der Waals surface area (Å²) >= 11 is 0. The van der Waals surface area contributed by atoms with Crippen LogP contribution in [0.1, 0.15) is 32.3 Å². The summed E-state index contributed by atoms with van der Waals surface area (Å²) in [6, 6.07) is 6.86. The number of anilines is 1. The molecule has 0 saturated heterocycles. The minimum atomic E-state index is -0.966. The highest BCUT2D eigenvalue weighted by atomic mass is 16.4. The molecule has 1 heterocycles. The van der Waals surface area contributed by atoms with E-state index in [0.717, 1.165) is 24.1 Å². The van der Waals surface area contributed by atoms with Gasteiger partial charge in [-0.2, -0.15) is 0 Å². The van der Waals surface area contributed by atoms with Crippen molar-refractivity contribution in [3.63, 3.8) is 0 Å².